The number of nitrogens with one attached hydrogen (secondary N) is 1. The highest BCUT2D eigenvalue weighted by Crippen LogP contribution is 2.35. The normalized spacial score (nSPS) is 14.9. The summed E-state index contributed by atoms with van der Waals surface area (Å²) in [6, 6.07) is 18.3. The molecule has 0 aliphatic carbocycles. The number of urea groups is 1. The molecule has 0 radical (unpaired) electrons. The van der Waals surface area contributed by atoms with E-state index < -0.39 is 12.4 Å². The molecule has 5 rings (SSSR count). The van der Waals surface area contributed by atoms with Gasteiger partial charge in [0.25, 0.3) is 0 Å². The third kappa shape index (κ3) is 8.27. The molecule has 1 aliphatic rings. The van der Waals surface area contributed by atoms with E-state index in [1.165, 1.54) is 35.3 Å². The van der Waals surface area contributed by atoms with Crippen molar-refractivity contribution in [1.82, 2.24) is 20.1 Å². The standard InChI is InChI=1S/C33H33F3N6O3S/c1-21(2)28-15-14-27(44-4)19-29(28)41-16-5-17-46-32(41)39-31(43)38-22(3)18-23-6-8-24(9-7-23)30-37-20-42(40-30)25-10-12-26(13-11-25)45-33(34,35)36/h6-15,18-21H,5,16-17H2,1-4H3,(H,38,43)/b22-18+,39-32?. The summed E-state index contributed by atoms with van der Waals surface area (Å²) in [5, 5.41) is 7.94. The number of carbonyl (C=O) groups excluding carboxylic acids is 1. The van der Waals surface area contributed by atoms with Gasteiger partial charge in [0, 0.05) is 35.3 Å². The number of allylic oxidation sites excluding steroid dienone is 1. The maximum atomic E-state index is 13.0. The molecule has 4 aromatic rings. The van der Waals surface area contributed by atoms with Crippen molar-refractivity contribution in [3.05, 3.63) is 89.9 Å². The van der Waals surface area contributed by atoms with Gasteiger partial charge >= 0.3 is 12.4 Å². The SMILES string of the molecule is COc1ccc(C(C)C)c(N2CCCSC2=NC(=O)N/C(C)=C/c2ccc(-c3ncn(-c4ccc(OC(F)(F)F)cc4)n3)cc2)c1. The third-order valence-corrected chi connectivity index (χ3v) is 8.08. The zero-order valence-electron chi connectivity index (χ0n) is 25.7. The van der Waals surface area contributed by atoms with Crippen molar-refractivity contribution in [3.8, 4) is 28.6 Å². The highest BCUT2D eigenvalue weighted by Gasteiger charge is 2.31. The first-order valence-electron chi connectivity index (χ1n) is 14.5. The summed E-state index contributed by atoms with van der Waals surface area (Å²) in [5.41, 5.74) is 4.90. The first-order valence-corrected chi connectivity index (χ1v) is 15.5. The van der Waals surface area contributed by atoms with Crippen LogP contribution in [0.2, 0.25) is 0 Å². The van der Waals surface area contributed by atoms with E-state index in [0.717, 1.165) is 46.8 Å². The summed E-state index contributed by atoms with van der Waals surface area (Å²) >= 11 is 1.56. The van der Waals surface area contributed by atoms with Crippen molar-refractivity contribution in [1.29, 1.82) is 0 Å². The number of amides is 2. The van der Waals surface area contributed by atoms with Crippen LogP contribution in [-0.2, 0) is 0 Å². The quantitative estimate of drug-likeness (QED) is 0.206. The van der Waals surface area contributed by atoms with Crippen LogP contribution in [-0.4, -0.2) is 51.7 Å². The van der Waals surface area contributed by atoms with E-state index in [9.17, 15) is 18.0 Å². The molecule has 9 nitrogen and oxygen atoms in total. The number of amidine groups is 1. The fourth-order valence-electron chi connectivity index (χ4n) is 4.87. The molecule has 1 saturated heterocycles. The zero-order valence-corrected chi connectivity index (χ0v) is 26.5. The minimum atomic E-state index is -4.76. The van der Waals surface area contributed by atoms with Crippen LogP contribution in [0.15, 0.2) is 83.7 Å². The fraction of sp³-hybridized carbons (Fsp3) is 0.273. The lowest BCUT2D eigenvalue weighted by Crippen LogP contribution is -2.36. The number of ether oxygens (including phenoxy) is 2. The molecule has 46 heavy (non-hydrogen) atoms. The molecule has 1 aliphatic heterocycles. The number of aromatic nitrogens is 3. The molecule has 2 heterocycles. The number of hydrogen-bond donors (Lipinski definition) is 1. The number of methoxy groups -OCH3 is 1. The lowest BCUT2D eigenvalue weighted by atomic mass is 10.00. The fourth-order valence-corrected chi connectivity index (χ4v) is 5.82. The topological polar surface area (TPSA) is 93.9 Å². The monoisotopic (exact) mass is 650 g/mol. The second-order valence-electron chi connectivity index (χ2n) is 10.8. The van der Waals surface area contributed by atoms with Gasteiger partial charge in [0.05, 0.1) is 12.8 Å². The van der Waals surface area contributed by atoms with Gasteiger partial charge in [-0.05, 0) is 66.8 Å². The molecule has 0 saturated carbocycles. The number of rotatable bonds is 8. The van der Waals surface area contributed by atoms with E-state index in [4.69, 9.17) is 4.74 Å². The van der Waals surface area contributed by atoms with Gasteiger partial charge in [-0.3, -0.25) is 0 Å². The second kappa shape index (κ2) is 14.1. The number of carbonyl (C=O) groups is 1. The molecule has 13 heteroatoms. The Bertz CT molecular complexity index is 1730. The molecule has 1 aromatic heterocycles. The molecular formula is C33H33F3N6O3S. The van der Waals surface area contributed by atoms with Gasteiger partial charge in [-0.25, -0.2) is 14.5 Å². The molecule has 2 amide bonds. The number of nitrogens with zero attached hydrogens (tertiary/aromatic N) is 5. The lowest BCUT2D eigenvalue weighted by Gasteiger charge is -2.32. The summed E-state index contributed by atoms with van der Waals surface area (Å²) in [6.45, 7) is 6.82. The first-order chi connectivity index (χ1) is 22.0. The van der Waals surface area contributed by atoms with Crippen LogP contribution in [0.4, 0.5) is 23.7 Å². The highest BCUT2D eigenvalue weighted by atomic mass is 32.2. The van der Waals surface area contributed by atoms with Gasteiger partial charge in [0.15, 0.2) is 11.0 Å². The van der Waals surface area contributed by atoms with Crippen LogP contribution >= 0.6 is 11.8 Å². The van der Waals surface area contributed by atoms with Crippen molar-refractivity contribution in [2.45, 2.75) is 39.5 Å². The number of halogens is 3. The molecule has 3 aromatic carbocycles. The van der Waals surface area contributed by atoms with Crippen LogP contribution in [0, 0.1) is 0 Å². The Balaban J connectivity index is 1.25. The molecule has 0 atom stereocenters. The smallest absolute Gasteiger partial charge is 0.497 e. The maximum Gasteiger partial charge on any atom is 0.573 e. The van der Waals surface area contributed by atoms with Gasteiger partial charge in [-0.2, -0.15) is 4.99 Å². The van der Waals surface area contributed by atoms with E-state index in [0.29, 0.717) is 22.4 Å². The Kier molecular flexibility index (Phi) is 10.0. The number of hydrogen-bond acceptors (Lipinski definition) is 6. The van der Waals surface area contributed by atoms with Gasteiger partial charge in [0.1, 0.15) is 17.8 Å². The number of anilines is 1. The van der Waals surface area contributed by atoms with Gasteiger partial charge in [0.2, 0.25) is 0 Å². The van der Waals surface area contributed by atoms with E-state index in [1.54, 1.807) is 25.8 Å². The average molecular weight is 651 g/mol. The number of thioether (sulfide) groups is 1. The Morgan fingerprint density at radius 2 is 1.78 bits per heavy atom. The summed E-state index contributed by atoms with van der Waals surface area (Å²) in [7, 11) is 1.64. The summed E-state index contributed by atoms with van der Waals surface area (Å²) in [6.07, 6.45) is -0.469. The van der Waals surface area contributed by atoms with E-state index in [1.807, 2.05) is 42.5 Å². The number of aliphatic imine (C=N–C) groups is 1. The Morgan fingerprint density at radius 3 is 2.46 bits per heavy atom. The average Bonchev–Trinajstić information content (AvgIpc) is 3.51. The van der Waals surface area contributed by atoms with Crippen LogP contribution in [0.25, 0.3) is 23.2 Å². The minimum Gasteiger partial charge on any atom is -0.497 e. The Morgan fingerprint density at radius 1 is 1.07 bits per heavy atom. The molecule has 0 bridgehead atoms. The Hall–Kier alpha value is -4.78. The Labute approximate surface area is 269 Å². The molecule has 1 fully saturated rings. The number of benzene rings is 3. The predicted molar refractivity (Wildman–Crippen MR) is 175 cm³/mol. The van der Waals surface area contributed by atoms with Crippen LogP contribution in [0.1, 0.15) is 44.2 Å². The third-order valence-electron chi connectivity index (χ3n) is 7.02. The maximum absolute atomic E-state index is 13.0. The molecule has 0 spiro atoms. The molecule has 0 unspecified atom stereocenters. The van der Waals surface area contributed by atoms with Gasteiger partial charge in [-0.15, -0.1) is 18.3 Å². The van der Waals surface area contributed by atoms with Gasteiger partial charge < -0.3 is 19.7 Å². The first kappa shape index (κ1) is 32.6. The molecule has 1 N–H and O–H groups in total. The van der Waals surface area contributed by atoms with Crippen molar-refractivity contribution < 1.29 is 27.4 Å². The van der Waals surface area contributed by atoms with Crippen molar-refractivity contribution in [3.63, 3.8) is 0 Å². The largest absolute Gasteiger partial charge is 0.573 e. The van der Waals surface area contributed by atoms with Crippen molar-refractivity contribution in [2.24, 2.45) is 4.99 Å². The van der Waals surface area contributed by atoms with Crippen molar-refractivity contribution in [2.75, 3.05) is 24.3 Å². The lowest BCUT2D eigenvalue weighted by molar-refractivity contribution is -0.274. The minimum absolute atomic E-state index is 0.286. The summed E-state index contributed by atoms with van der Waals surface area (Å²) < 4.78 is 48.1. The highest BCUT2D eigenvalue weighted by molar-refractivity contribution is 8.14. The van der Waals surface area contributed by atoms with E-state index in [-0.39, 0.29) is 11.7 Å². The second-order valence-corrected chi connectivity index (χ2v) is 11.8. The van der Waals surface area contributed by atoms with E-state index in [2.05, 4.69) is 49.9 Å². The summed E-state index contributed by atoms with van der Waals surface area (Å²) in [5.74, 6) is 2.04. The van der Waals surface area contributed by atoms with Crippen LogP contribution in [0.3, 0.4) is 0 Å². The van der Waals surface area contributed by atoms with Gasteiger partial charge in [-0.1, -0.05) is 55.9 Å². The van der Waals surface area contributed by atoms with Crippen LogP contribution in [0.5, 0.6) is 11.5 Å². The van der Waals surface area contributed by atoms with E-state index >= 15 is 0 Å². The zero-order chi connectivity index (χ0) is 32.8. The predicted octanol–water partition coefficient (Wildman–Crippen LogP) is 8.03. The van der Waals surface area contributed by atoms with Crippen molar-refractivity contribution >= 4 is 34.7 Å². The number of alkyl halides is 3. The molecule has 240 valence electrons. The van der Waals surface area contributed by atoms with Crippen LogP contribution < -0.4 is 19.7 Å². The molecular weight excluding hydrogens is 617 g/mol. The summed E-state index contributed by atoms with van der Waals surface area (Å²) in [4.78, 5) is 23.8.